The van der Waals surface area contributed by atoms with Crippen LogP contribution in [0.2, 0.25) is 6.04 Å². The van der Waals surface area contributed by atoms with Crippen molar-refractivity contribution >= 4 is 14.8 Å². The van der Waals surface area contributed by atoms with Crippen molar-refractivity contribution in [1.82, 2.24) is 10.2 Å². The van der Waals surface area contributed by atoms with Crippen LogP contribution in [-0.4, -0.2) is 66.2 Å². The Labute approximate surface area is 180 Å². The molecule has 1 unspecified atom stereocenters. The fourth-order valence-corrected chi connectivity index (χ4v) is 6.74. The van der Waals surface area contributed by atoms with E-state index in [1.165, 1.54) is 64.2 Å². The Kier molecular flexibility index (Phi) is 11.0. The highest BCUT2D eigenvalue weighted by molar-refractivity contribution is 6.60. The Hall–Kier alpha value is -0.633. The Morgan fingerprint density at radius 1 is 0.966 bits per heavy atom. The highest BCUT2D eigenvalue weighted by atomic mass is 28.4. The van der Waals surface area contributed by atoms with Gasteiger partial charge >= 0.3 is 8.80 Å². The molecule has 170 valence electrons. The minimum absolute atomic E-state index is 0.395. The maximum Gasteiger partial charge on any atom is 0.500 e. The van der Waals surface area contributed by atoms with Crippen LogP contribution in [0, 0.1) is 5.92 Å². The predicted octanol–water partition coefficient (Wildman–Crippen LogP) is 4.43. The van der Waals surface area contributed by atoms with Gasteiger partial charge in [-0.05, 0) is 38.5 Å². The average Bonchev–Trinajstić information content (AvgIpc) is 2.77. The first-order valence-electron chi connectivity index (χ1n) is 11.8. The van der Waals surface area contributed by atoms with Gasteiger partial charge < -0.3 is 23.5 Å². The topological polar surface area (TPSA) is 55.3 Å². The molecule has 0 saturated heterocycles. The summed E-state index contributed by atoms with van der Waals surface area (Å²) < 4.78 is 17.0. The van der Waals surface area contributed by atoms with E-state index in [0.29, 0.717) is 18.0 Å². The number of nitrogens with one attached hydrogen (secondary N) is 1. The summed E-state index contributed by atoms with van der Waals surface area (Å²) in [5.41, 5.74) is 0. The molecule has 7 heteroatoms. The Balaban J connectivity index is 2.08. The van der Waals surface area contributed by atoms with Crippen LogP contribution in [0.25, 0.3) is 0 Å². The highest BCUT2D eigenvalue weighted by Gasteiger charge is 2.39. The van der Waals surface area contributed by atoms with E-state index in [-0.39, 0.29) is 0 Å². The van der Waals surface area contributed by atoms with Crippen LogP contribution in [0.1, 0.15) is 78.1 Å². The molecule has 0 heterocycles. The standard InChI is InChI=1S/C22H45N3O3Si/c1-6-25(17-19(2)18-29(26-3,27-4)28-5)22(23-20-13-9-7-10-14-20)24-21-15-11-8-12-16-21/h19-21H,6-18H2,1-5H3,(H,23,24). The molecular weight excluding hydrogens is 382 g/mol. The van der Waals surface area contributed by atoms with Crippen molar-refractivity contribution in [2.45, 2.75) is 96.2 Å². The van der Waals surface area contributed by atoms with Gasteiger partial charge in [0.2, 0.25) is 0 Å². The van der Waals surface area contributed by atoms with Crippen LogP contribution in [0.4, 0.5) is 0 Å². The van der Waals surface area contributed by atoms with Crippen LogP contribution in [-0.2, 0) is 13.3 Å². The van der Waals surface area contributed by atoms with Crippen LogP contribution < -0.4 is 5.32 Å². The second-order valence-corrected chi connectivity index (χ2v) is 11.9. The predicted molar refractivity (Wildman–Crippen MR) is 122 cm³/mol. The average molecular weight is 428 g/mol. The first-order chi connectivity index (χ1) is 14.1. The third-order valence-corrected chi connectivity index (χ3v) is 9.63. The highest BCUT2D eigenvalue weighted by Crippen LogP contribution is 2.23. The molecule has 0 aromatic carbocycles. The van der Waals surface area contributed by atoms with Crippen molar-refractivity contribution in [3.05, 3.63) is 0 Å². The monoisotopic (exact) mass is 427 g/mol. The normalized spacial score (nSPS) is 21.2. The maximum absolute atomic E-state index is 5.66. The number of hydrogen-bond acceptors (Lipinski definition) is 4. The Morgan fingerprint density at radius 2 is 1.52 bits per heavy atom. The first kappa shape index (κ1) is 24.6. The fourth-order valence-electron chi connectivity index (χ4n) is 4.76. The second-order valence-electron chi connectivity index (χ2n) is 8.87. The zero-order valence-electron chi connectivity index (χ0n) is 19.5. The van der Waals surface area contributed by atoms with Crippen LogP contribution in [0.15, 0.2) is 4.99 Å². The van der Waals surface area contributed by atoms with E-state index in [0.717, 1.165) is 25.1 Å². The van der Waals surface area contributed by atoms with Gasteiger partial charge in [0.05, 0.1) is 6.04 Å². The lowest BCUT2D eigenvalue weighted by Crippen LogP contribution is -2.50. The van der Waals surface area contributed by atoms with E-state index >= 15 is 0 Å². The molecular formula is C22H45N3O3Si. The van der Waals surface area contributed by atoms with Gasteiger partial charge in [-0.2, -0.15) is 0 Å². The summed E-state index contributed by atoms with van der Waals surface area (Å²) in [7, 11) is 2.53. The maximum atomic E-state index is 5.66. The summed E-state index contributed by atoms with van der Waals surface area (Å²) in [6, 6.07) is 1.86. The third-order valence-electron chi connectivity index (χ3n) is 6.56. The molecule has 1 atom stereocenters. The van der Waals surface area contributed by atoms with E-state index < -0.39 is 8.80 Å². The van der Waals surface area contributed by atoms with Crippen molar-refractivity contribution in [3.8, 4) is 0 Å². The lowest BCUT2D eigenvalue weighted by atomic mass is 9.95. The number of nitrogens with zero attached hydrogens (tertiary/aromatic N) is 2. The fraction of sp³-hybridized carbons (Fsp3) is 0.955. The van der Waals surface area contributed by atoms with Gasteiger partial charge in [0.15, 0.2) is 5.96 Å². The minimum atomic E-state index is -2.57. The van der Waals surface area contributed by atoms with E-state index in [2.05, 4.69) is 24.1 Å². The van der Waals surface area contributed by atoms with E-state index in [9.17, 15) is 0 Å². The molecule has 0 aromatic heterocycles. The smallest absolute Gasteiger partial charge is 0.377 e. The summed E-state index contributed by atoms with van der Waals surface area (Å²) in [6.45, 7) is 6.39. The van der Waals surface area contributed by atoms with E-state index in [1.807, 2.05) is 0 Å². The van der Waals surface area contributed by atoms with E-state index in [4.69, 9.17) is 18.3 Å². The molecule has 2 rings (SSSR count). The van der Waals surface area contributed by atoms with E-state index in [1.54, 1.807) is 21.3 Å². The van der Waals surface area contributed by atoms with Gasteiger partial charge in [-0.15, -0.1) is 0 Å². The lowest BCUT2D eigenvalue weighted by Gasteiger charge is -2.35. The zero-order valence-corrected chi connectivity index (χ0v) is 20.5. The molecule has 6 nitrogen and oxygen atoms in total. The molecule has 1 N–H and O–H groups in total. The van der Waals surface area contributed by atoms with Gasteiger partial charge in [0.25, 0.3) is 0 Å². The summed E-state index contributed by atoms with van der Waals surface area (Å²) in [5, 5.41) is 3.86. The summed E-state index contributed by atoms with van der Waals surface area (Å²) >= 11 is 0. The molecule has 0 aromatic rings. The van der Waals surface area contributed by atoms with Crippen molar-refractivity contribution in [1.29, 1.82) is 0 Å². The van der Waals surface area contributed by atoms with Crippen LogP contribution in [0.5, 0.6) is 0 Å². The Bertz CT molecular complexity index is 468. The second kappa shape index (κ2) is 12.9. The molecule has 0 spiro atoms. The summed E-state index contributed by atoms with van der Waals surface area (Å²) in [4.78, 5) is 7.70. The molecule has 2 saturated carbocycles. The molecule has 0 amide bonds. The van der Waals surface area contributed by atoms with Gasteiger partial charge in [0, 0.05) is 46.5 Å². The molecule has 0 aliphatic heterocycles. The number of guanidine groups is 1. The minimum Gasteiger partial charge on any atom is -0.377 e. The zero-order chi connectivity index (χ0) is 21.1. The van der Waals surface area contributed by atoms with Crippen molar-refractivity contribution in [3.63, 3.8) is 0 Å². The first-order valence-corrected chi connectivity index (χ1v) is 13.7. The number of aliphatic imine (C=N–C) groups is 1. The molecule has 29 heavy (non-hydrogen) atoms. The van der Waals surface area contributed by atoms with Gasteiger partial charge in [-0.1, -0.05) is 45.4 Å². The van der Waals surface area contributed by atoms with Crippen molar-refractivity contribution < 1.29 is 13.3 Å². The van der Waals surface area contributed by atoms with Crippen LogP contribution >= 0.6 is 0 Å². The molecule has 2 fully saturated rings. The number of hydrogen-bond donors (Lipinski definition) is 1. The summed E-state index contributed by atoms with van der Waals surface area (Å²) in [5.74, 6) is 1.52. The molecule has 0 radical (unpaired) electrons. The van der Waals surface area contributed by atoms with Gasteiger partial charge in [0.1, 0.15) is 0 Å². The lowest BCUT2D eigenvalue weighted by molar-refractivity contribution is 0.117. The van der Waals surface area contributed by atoms with Gasteiger partial charge in [-0.3, -0.25) is 0 Å². The molecule has 0 bridgehead atoms. The van der Waals surface area contributed by atoms with Crippen LogP contribution in [0.3, 0.4) is 0 Å². The molecule has 2 aliphatic rings. The Morgan fingerprint density at radius 3 is 2.03 bits per heavy atom. The SMILES string of the molecule is CCN(CC(C)C[Si](OC)(OC)OC)C(=NC1CCCCC1)NC1CCCCC1. The summed E-state index contributed by atoms with van der Waals surface area (Å²) in [6.07, 6.45) is 13.0. The third kappa shape index (κ3) is 7.85. The van der Waals surface area contributed by atoms with Crippen molar-refractivity contribution in [2.24, 2.45) is 10.9 Å². The molecule has 2 aliphatic carbocycles. The number of rotatable bonds is 10. The van der Waals surface area contributed by atoms with Crippen molar-refractivity contribution in [2.75, 3.05) is 34.4 Å². The quantitative estimate of drug-likeness (QED) is 0.317. The van der Waals surface area contributed by atoms with Gasteiger partial charge in [-0.25, -0.2) is 4.99 Å². The largest absolute Gasteiger partial charge is 0.500 e.